The van der Waals surface area contributed by atoms with Gasteiger partial charge in [0.2, 0.25) is 0 Å². The number of aliphatic hydroxyl groups excluding tert-OH is 8. The lowest BCUT2D eigenvalue weighted by Gasteiger charge is -2.24. The fourth-order valence-corrected chi connectivity index (χ4v) is 15.2. The summed E-state index contributed by atoms with van der Waals surface area (Å²) in [5.41, 5.74) is -6.19. The van der Waals surface area contributed by atoms with Crippen LogP contribution in [0.3, 0.4) is 0 Å². The zero-order chi connectivity index (χ0) is 91.4. The van der Waals surface area contributed by atoms with Gasteiger partial charge in [0.15, 0.2) is 69.1 Å². The number of H-pyrrole nitrogens is 4. The average molecular weight is 1870 g/mol. The number of nitrogens with zero attached hydrogens (tertiary/aromatic N) is 4. The summed E-state index contributed by atoms with van der Waals surface area (Å²) in [6, 6.07) is 0. The van der Waals surface area contributed by atoms with E-state index in [9.17, 15) is 139 Å². The maximum Gasteiger partial charge on any atom is 0.481 e. The molecule has 0 spiro atoms. The molecule has 4 unspecified atom stereocenters. The van der Waals surface area contributed by atoms with Gasteiger partial charge in [-0.1, -0.05) is 0 Å². The number of halogens is 4. The molecule has 4 fully saturated rings. The lowest BCUT2D eigenvalue weighted by molar-refractivity contribution is -0.204. The highest BCUT2D eigenvalue weighted by Crippen LogP contribution is 2.62. The van der Waals surface area contributed by atoms with Crippen molar-refractivity contribution in [3.8, 4) is 0 Å². The molecule has 4 saturated heterocycles. The molecule has 0 aliphatic carbocycles. The van der Waals surface area contributed by atoms with Crippen LogP contribution < -0.4 is 22.2 Å². The molecule has 4 aliphatic rings. The number of hydrogen-bond donors (Lipinski definition) is 24. The van der Waals surface area contributed by atoms with E-state index < -0.39 is 250 Å². The third kappa shape index (κ3) is 25.7. The summed E-state index contributed by atoms with van der Waals surface area (Å²) in [6.07, 6.45) is -27.8. The number of carbonyl (C=O) groups excluding carboxylic acids is 4. The predicted molar refractivity (Wildman–Crippen MR) is 345 cm³/mol. The standard InChI is InChI=1S/4C10H13FN2O12P2S/c4*11-10(3-23-27(21,22)25-26(18,19)20)6(16)5(15)8(24-10)13-1-4(2-14)7(17)12-9(13)28/h4*1-2,5-6,8,15-16H,3H2,(H,21,22)(H,12,17,28)(H2,18,19,20)/t4*5-,6+,8-,10-/m1111/s1/i3D2,8D;8D;3D2;. The number of aromatic amines is 4. The minimum absolute atomic E-state index is 0.0161. The monoisotopic (exact) mass is 1870 g/mol. The molecule has 20 atom stereocenters. The van der Waals surface area contributed by atoms with Gasteiger partial charge in [-0.3, -0.25) is 94.7 Å². The van der Waals surface area contributed by atoms with Gasteiger partial charge in [-0.25, -0.2) is 54.1 Å². The Hall–Kier alpha value is -4.64. The summed E-state index contributed by atoms with van der Waals surface area (Å²) >= 11 is 19.1. The van der Waals surface area contributed by atoms with E-state index in [-0.39, 0.29) is 29.7 Å². The van der Waals surface area contributed by atoms with Gasteiger partial charge < -0.3 is 119 Å². The molecule has 0 saturated carbocycles. The van der Waals surface area contributed by atoms with Crippen LogP contribution in [0, 0.1) is 19.1 Å². The highest BCUT2D eigenvalue weighted by atomic mass is 32.1. The van der Waals surface area contributed by atoms with E-state index in [1.165, 1.54) is 0 Å². The van der Waals surface area contributed by atoms with Gasteiger partial charge in [-0.15, -0.1) is 0 Å². The molecule has 8 rings (SSSR count). The van der Waals surface area contributed by atoms with Crippen LogP contribution in [0.1, 0.15) is 74.5 Å². The molecule has 4 aliphatic heterocycles. The SMILES string of the molecule is O=Cc1cn([C@@H]2O[C@](F)(COP(=O)(O)OP(=O)(O)O)[C@@H](O)[C@H]2O)c(=S)[nH]c1=O.[2H]C([2H])(OP(=O)(O)OP(=O)(O)O)[C@@]1(F)O[C@@H](n2cc(C=O)c(=O)[nH]c2=S)[C@H](O)[C@@H]1O.[2H]C([2H])(OP(=O)(O)OP(=O)(O)O)[C@@]1(F)O[C@@]([2H])(n2cc(C=O)c(=O)[nH]c2=S)[C@H](O)[C@@H]1O.[2H][C@@]1(n2cc(C=O)c(=O)[nH]c2=S)O[C@](F)(COP(=O)(O)OP(=O)(O)O)[C@@H](O)[C@H]1O. The minimum Gasteiger partial charge on any atom is -0.385 e. The maximum absolute atomic E-state index is 15.3. The van der Waals surface area contributed by atoms with Gasteiger partial charge >= 0.3 is 62.6 Å². The largest absolute Gasteiger partial charge is 0.481 e. The third-order valence-electron chi connectivity index (χ3n) is 12.9. The summed E-state index contributed by atoms with van der Waals surface area (Å²) in [6.45, 7) is -11.8. The fraction of sp³-hybridized carbons (Fsp3) is 0.500. The van der Waals surface area contributed by atoms with Gasteiger partial charge in [0.05, 0.1) is 30.5 Å². The van der Waals surface area contributed by atoms with Gasteiger partial charge in [0, 0.05) is 24.8 Å². The number of carbonyl (C=O) groups is 4. The Labute approximate surface area is 638 Å². The Bertz CT molecular complexity index is 5490. The Morgan fingerprint density at radius 2 is 0.607 bits per heavy atom. The number of nitrogens with one attached hydrogen (secondary N) is 4. The Kier molecular flexibility index (Phi) is 28.9. The number of aliphatic hydroxyl groups is 8. The van der Waals surface area contributed by atoms with Crippen molar-refractivity contribution < 1.29 is 235 Å². The summed E-state index contributed by atoms with van der Waals surface area (Å²) in [5, 5.41) is 80.1. The third-order valence-corrected chi connectivity index (χ3v) is 22.3. The Morgan fingerprint density at radius 3 is 0.893 bits per heavy atom. The van der Waals surface area contributed by atoms with Crippen LogP contribution in [-0.2, 0) is 90.8 Å². The Balaban J connectivity index is 0.000000280. The van der Waals surface area contributed by atoms with Crippen molar-refractivity contribution >= 4 is 137 Å². The number of aldehydes is 4. The van der Waals surface area contributed by atoms with E-state index in [1.54, 1.807) is 0 Å². The number of phosphoric acid groups is 8. The molecule has 632 valence electrons. The van der Waals surface area contributed by atoms with Crippen LogP contribution >= 0.6 is 111 Å². The molecule has 0 bridgehead atoms. The second-order valence-electron chi connectivity index (χ2n) is 20.9. The number of rotatable bonds is 28. The van der Waals surface area contributed by atoms with Crippen molar-refractivity contribution in [2.75, 3.05) is 26.3 Å². The normalized spacial score (nSPS) is 32.5. The van der Waals surface area contributed by atoms with Gasteiger partial charge in [0.25, 0.3) is 45.7 Å². The van der Waals surface area contributed by atoms with Crippen LogP contribution in [-0.4, -0.2) is 262 Å². The van der Waals surface area contributed by atoms with Crippen molar-refractivity contribution in [1.82, 2.24) is 38.2 Å². The molecule has 56 nitrogen and oxygen atoms in total. The van der Waals surface area contributed by atoms with Crippen molar-refractivity contribution in [1.29, 1.82) is 0 Å². The van der Waals surface area contributed by atoms with E-state index in [1.807, 2.05) is 15.0 Å². The summed E-state index contributed by atoms with van der Waals surface area (Å²) in [5.74, 6) is -15.5. The van der Waals surface area contributed by atoms with E-state index in [4.69, 9.17) is 106 Å². The molecule has 72 heteroatoms. The van der Waals surface area contributed by atoms with Crippen LogP contribution in [0.2, 0.25) is 0 Å². The van der Waals surface area contributed by atoms with Crippen molar-refractivity contribution in [3.05, 3.63) is 108 Å². The smallest absolute Gasteiger partial charge is 0.385 e. The summed E-state index contributed by atoms with van der Waals surface area (Å²) in [4.78, 5) is 203. The van der Waals surface area contributed by atoms with Crippen LogP contribution in [0.5, 0.6) is 0 Å². The summed E-state index contributed by atoms with van der Waals surface area (Å²) in [7, 11) is -45.5. The molecule has 24 N–H and O–H groups in total. The van der Waals surface area contributed by atoms with Crippen LogP contribution in [0.4, 0.5) is 17.6 Å². The van der Waals surface area contributed by atoms with Gasteiger partial charge in [0.1, 0.15) is 75.2 Å². The molecule has 8 heterocycles. The lowest BCUT2D eigenvalue weighted by atomic mass is 10.1. The number of hydrogen-bond acceptors (Lipinski definition) is 40. The van der Waals surface area contributed by atoms with Gasteiger partial charge in [-0.05, 0) is 48.9 Å². The first-order chi connectivity index (χ1) is 53.0. The van der Waals surface area contributed by atoms with E-state index in [2.05, 4.69) is 54.5 Å². The first-order valence-electron chi connectivity index (χ1n) is 30.3. The maximum atomic E-state index is 15.3. The van der Waals surface area contributed by atoms with Crippen molar-refractivity contribution in [2.24, 2.45) is 0 Å². The van der Waals surface area contributed by atoms with Crippen LogP contribution in [0.25, 0.3) is 0 Å². The van der Waals surface area contributed by atoms with Crippen molar-refractivity contribution in [3.63, 3.8) is 0 Å². The average Bonchev–Trinajstić information content (AvgIpc) is 1.57. The second-order valence-corrected chi connectivity index (χ2v) is 33.6. The summed E-state index contributed by atoms with van der Waals surface area (Å²) < 4.78 is 242. The predicted octanol–water partition coefficient (Wildman–Crippen LogP) is -4.56. The molecule has 0 radical (unpaired) electrons. The van der Waals surface area contributed by atoms with Crippen LogP contribution in [0.15, 0.2) is 44.0 Å². The minimum atomic E-state index is -6.05. The molecule has 0 amide bonds. The zero-order valence-corrected chi connectivity index (χ0v) is 63.1. The van der Waals surface area contributed by atoms with E-state index in [0.29, 0.717) is 27.7 Å². The Morgan fingerprint density at radius 1 is 0.393 bits per heavy atom. The quantitative estimate of drug-likeness (QED) is 0.0110. The highest BCUT2D eigenvalue weighted by molar-refractivity contribution is 7.72. The number of ether oxygens (including phenoxy) is 4. The van der Waals surface area contributed by atoms with Crippen molar-refractivity contribution in [2.45, 2.75) is 97.1 Å². The topological polar surface area (TPSA) is 871 Å². The van der Waals surface area contributed by atoms with Gasteiger partial charge in [-0.2, -0.15) is 17.2 Å². The first kappa shape index (κ1) is 88.2. The van der Waals surface area contributed by atoms with E-state index >= 15 is 8.78 Å². The lowest BCUT2D eigenvalue weighted by Crippen LogP contribution is -2.42. The highest BCUT2D eigenvalue weighted by Gasteiger charge is 2.61. The molecule has 0 aromatic carbocycles. The number of alkyl halides is 4. The first-order valence-corrected chi connectivity index (χ1v) is 41.0. The molecule has 4 aromatic heterocycles. The molecular weight excluding hydrogens is 1810 g/mol. The number of phosphoric ester groups is 4. The molecular formula is C40H52F4N8O48P8S4. The molecule has 4 aromatic rings. The van der Waals surface area contributed by atoms with E-state index in [0.717, 1.165) is 10.8 Å². The fourth-order valence-electron chi connectivity index (χ4n) is 8.16. The second kappa shape index (κ2) is 36.7. The zero-order valence-electron chi connectivity index (χ0n) is 58.7. The molecule has 112 heavy (non-hydrogen) atoms. The number of aromatic nitrogens is 8.